The first-order chi connectivity index (χ1) is 11.6. The fourth-order valence-corrected chi connectivity index (χ4v) is 5.14. The van der Waals surface area contributed by atoms with Gasteiger partial charge in [0.1, 0.15) is 0 Å². The van der Waals surface area contributed by atoms with Crippen LogP contribution in [-0.4, -0.2) is 32.5 Å². The van der Waals surface area contributed by atoms with Gasteiger partial charge in [-0.2, -0.15) is 5.10 Å². The average Bonchev–Trinajstić information content (AvgIpc) is 3.31. The molecule has 2 fully saturated rings. The molecule has 128 valence electrons. The molecule has 2 heterocycles. The van der Waals surface area contributed by atoms with Crippen molar-refractivity contribution in [1.29, 1.82) is 4.78 Å². The van der Waals surface area contributed by atoms with Crippen molar-refractivity contribution in [3.05, 3.63) is 36.5 Å². The van der Waals surface area contributed by atoms with Gasteiger partial charge in [0.2, 0.25) is 0 Å². The Morgan fingerprint density at radius 3 is 2.75 bits per heavy atom. The molecule has 5 nitrogen and oxygen atoms in total. The molecule has 1 aliphatic carbocycles. The van der Waals surface area contributed by atoms with E-state index in [1.165, 1.54) is 12.8 Å². The molecule has 6 heteroatoms. The average molecular weight is 345 g/mol. The highest BCUT2D eigenvalue weighted by Crippen LogP contribution is 2.33. The molecular formula is C18H23N3O2S. The summed E-state index contributed by atoms with van der Waals surface area (Å²) >= 11 is 0. The number of benzene rings is 1. The number of hydrogen-bond donors (Lipinski definition) is 1. The van der Waals surface area contributed by atoms with Gasteiger partial charge in [-0.3, -0.25) is 4.68 Å². The van der Waals surface area contributed by atoms with Crippen LogP contribution in [0, 0.1) is 10.7 Å². The Morgan fingerprint density at radius 1 is 1.21 bits per heavy atom. The molecule has 2 aromatic rings. The van der Waals surface area contributed by atoms with Crippen LogP contribution in [0.25, 0.3) is 11.3 Å². The maximum absolute atomic E-state index is 13.1. The highest BCUT2D eigenvalue weighted by molar-refractivity contribution is 7.93. The molecule has 1 aromatic carbocycles. The summed E-state index contributed by atoms with van der Waals surface area (Å²) in [6.45, 7) is 2.16. The molecule has 24 heavy (non-hydrogen) atoms. The number of nitrogens with one attached hydrogen (secondary N) is 1. The largest absolute Gasteiger partial charge is 0.381 e. The molecule has 1 saturated heterocycles. The first kappa shape index (κ1) is 15.8. The van der Waals surface area contributed by atoms with Crippen LogP contribution in [0.1, 0.15) is 25.7 Å². The summed E-state index contributed by atoms with van der Waals surface area (Å²) in [6.07, 6.45) is 5.78. The van der Waals surface area contributed by atoms with E-state index in [1.54, 1.807) is 0 Å². The standard InChI is InChI=1S/C18H23N3O2S/c19-24(22,16-7-10-23-11-8-16)17-3-1-2-15(12-17)18-6-9-20-21(18)13-14-4-5-14/h1-3,6,9,12,14,16,19H,4-5,7-8,10-11,13H2. The van der Waals surface area contributed by atoms with Crippen molar-refractivity contribution < 1.29 is 8.95 Å². The molecule has 1 aliphatic heterocycles. The number of aromatic nitrogens is 2. The van der Waals surface area contributed by atoms with Gasteiger partial charge in [0.05, 0.1) is 20.7 Å². The van der Waals surface area contributed by atoms with E-state index in [0.29, 0.717) is 31.0 Å². The lowest BCUT2D eigenvalue weighted by molar-refractivity contribution is 0.0989. The molecule has 0 bridgehead atoms. The van der Waals surface area contributed by atoms with Gasteiger partial charge in [-0.05, 0) is 49.8 Å². The first-order valence-corrected chi connectivity index (χ1v) is 10.2. The lowest BCUT2D eigenvalue weighted by Crippen LogP contribution is -2.28. The maximum Gasteiger partial charge on any atom is 0.0757 e. The minimum absolute atomic E-state index is 0.113. The van der Waals surface area contributed by atoms with Crippen LogP contribution in [0.5, 0.6) is 0 Å². The molecule has 1 saturated carbocycles. The minimum Gasteiger partial charge on any atom is -0.381 e. The Hall–Kier alpha value is -1.66. The van der Waals surface area contributed by atoms with E-state index in [-0.39, 0.29) is 5.25 Å². The summed E-state index contributed by atoms with van der Waals surface area (Å²) in [7, 11) is -2.81. The monoisotopic (exact) mass is 345 g/mol. The van der Waals surface area contributed by atoms with Gasteiger partial charge in [0, 0.05) is 36.4 Å². The molecule has 1 unspecified atom stereocenters. The van der Waals surface area contributed by atoms with Crippen molar-refractivity contribution in [1.82, 2.24) is 9.78 Å². The van der Waals surface area contributed by atoms with Crippen LogP contribution in [0.2, 0.25) is 0 Å². The molecule has 0 radical (unpaired) electrons. The second-order valence-electron chi connectivity index (χ2n) is 6.78. The Kier molecular flexibility index (Phi) is 4.18. The normalized spacial score (nSPS) is 21.5. The number of rotatable bonds is 5. The zero-order valence-electron chi connectivity index (χ0n) is 13.7. The highest BCUT2D eigenvalue weighted by atomic mass is 32.2. The summed E-state index contributed by atoms with van der Waals surface area (Å²) in [4.78, 5) is 0.631. The molecule has 0 amide bonds. The summed E-state index contributed by atoms with van der Waals surface area (Å²) in [5.41, 5.74) is 2.05. The second kappa shape index (κ2) is 6.33. The fraction of sp³-hybridized carbons (Fsp3) is 0.500. The van der Waals surface area contributed by atoms with E-state index in [1.807, 2.05) is 41.2 Å². The topological polar surface area (TPSA) is 68.0 Å². The van der Waals surface area contributed by atoms with Crippen LogP contribution < -0.4 is 0 Å². The van der Waals surface area contributed by atoms with Gasteiger partial charge < -0.3 is 4.74 Å². The van der Waals surface area contributed by atoms with Crippen LogP contribution in [0.4, 0.5) is 0 Å². The molecule has 0 spiro atoms. The van der Waals surface area contributed by atoms with Crippen LogP contribution in [0.3, 0.4) is 0 Å². The van der Waals surface area contributed by atoms with Gasteiger partial charge in [-0.15, -0.1) is 0 Å². The number of hydrogen-bond acceptors (Lipinski definition) is 4. The Morgan fingerprint density at radius 2 is 2.00 bits per heavy atom. The third kappa shape index (κ3) is 3.13. The number of ether oxygens (including phenoxy) is 1. The van der Waals surface area contributed by atoms with Crippen molar-refractivity contribution in [2.75, 3.05) is 13.2 Å². The van der Waals surface area contributed by atoms with E-state index in [0.717, 1.165) is 23.7 Å². The summed E-state index contributed by atoms with van der Waals surface area (Å²) in [5.74, 6) is 0.745. The van der Waals surface area contributed by atoms with E-state index >= 15 is 0 Å². The van der Waals surface area contributed by atoms with Gasteiger partial charge in [-0.25, -0.2) is 8.99 Å². The van der Waals surface area contributed by atoms with Gasteiger partial charge >= 0.3 is 0 Å². The zero-order valence-corrected chi connectivity index (χ0v) is 14.5. The van der Waals surface area contributed by atoms with E-state index in [9.17, 15) is 4.21 Å². The fourth-order valence-electron chi connectivity index (χ4n) is 3.31. The van der Waals surface area contributed by atoms with E-state index in [4.69, 9.17) is 9.52 Å². The summed E-state index contributed by atoms with van der Waals surface area (Å²) in [5, 5.41) is 4.32. The third-order valence-corrected chi connectivity index (χ3v) is 7.33. The Bertz CT molecular complexity index is 818. The van der Waals surface area contributed by atoms with Gasteiger partial charge in [0.15, 0.2) is 0 Å². The SMILES string of the molecule is N=S(=O)(c1cccc(-c2ccnn2CC2CC2)c1)C1CCOCC1. The van der Waals surface area contributed by atoms with Crippen LogP contribution >= 0.6 is 0 Å². The molecule has 1 atom stereocenters. The highest BCUT2D eigenvalue weighted by Gasteiger charge is 2.27. The Labute approximate surface area is 143 Å². The third-order valence-electron chi connectivity index (χ3n) is 4.96. The van der Waals surface area contributed by atoms with Crippen molar-refractivity contribution in [2.45, 2.75) is 42.4 Å². The molecule has 2 aliphatic rings. The predicted octanol–water partition coefficient (Wildman–Crippen LogP) is 3.54. The number of nitrogens with zero attached hydrogens (tertiary/aromatic N) is 2. The summed E-state index contributed by atoms with van der Waals surface area (Å²) < 4.78 is 29.0. The lowest BCUT2D eigenvalue weighted by Gasteiger charge is -2.24. The maximum atomic E-state index is 13.1. The quantitative estimate of drug-likeness (QED) is 0.901. The smallest absolute Gasteiger partial charge is 0.0757 e. The van der Waals surface area contributed by atoms with Crippen molar-refractivity contribution in [3.8, 4) is 11.3 Å². The molecule has 1 aromatic heterocycles. The van der Waals surface area contributed by atoms with Gasteiger partial charge in [-0.1, -0.05) is 12.1 Å². The van der Waals surface area contributed by atoms with E-state index in [2.05, 4.69) is 5.10 Å². The Balaban J connectivity index is 1.65. The lowest BCUT2D eigenvalue weighted by atomic mass is 10.1. The zero-order chi connectivity index (χ0) is 16.6. The van der Waals surface area contributed by atoms with Crippen molar-refractivity contribution in [2.24, 2.45) is 5.92 Å². The molecular weight excluding hydrogens is 322 g/mol. The predicted molar refractivity (Wildman–Crippen MR) is 93.4 cm³/mol. The van der Waals surface area contributed by atoms with Crippen molar-refractivity contribution >= 4 is 9.73 Å². The van der Waals surface area contributed by atoms with Crippen LogP contribution in [0.15, 0.2) is 41.4 Å². The van der Waals surface area contributed by atoms with Crippen molar-refractivity contribution in [3.63, 3.8) is 0 Å². The summed E-state index contributed by atoms with van der Waals surface area (Å²) in [6, 6.07) is 9.68. The molecule has 1 N–H and O–H groups in total. The minimum atomic E-state index is -2.81. The first-order valence-electron chi connectivity index (χ1n) is 8.62. The van der Waals surface area contributed by atoms with Crippen LogP contribution in [-0.2, 0) is 21.0 Å². The second-order valence-corrected chi connectivity index (χ2v) is 9.12. The molecule has 4 rings (SSSR count). The van der Waals surface area contributed by atoms with E-state index < -0.39 is 9.73 Å². The van der Waals surface area contributed by atoms with Gasteiger partial charge in [0.25, 0.3) is 0 Å².